The number of fused-ring (bicyclic) bond motifs is 5. The fourth-order valence-electron chi connectivity index (χ4n) is 9.78. The molecule has 0 aromatic carbocycles. The molecule has 0 saturated heterocycles. The van der Waals surface area contributed by atoms with E-state index >= 15 is 0 Å². The molecule has 11 unspecified atom stereocenters. The van der Waals surface area contributed by atoms with Crippen molar-refractivity contribution in [3.8, 4) is 0 Å². The quantitative estimate of drug-likeness (QED) is 0.222. The Kier molecular flexibility index (Phi) is 9.72. The van der Waals surface area contributed by atoms with E-state index in [0.29, 0.717) is 48.5 Å². The second kappa shape index (κ2) is 12.2. The van der Waals surface area contributed by atoms with Gasteiger partial charge in [0.05, 0.1) is 11.5 Å². The van der Waals surface area contributed by atoms with E-state index in [9.17, 15) is 14.7 Å². The maximum atomic E-state index is 12.8. The maximum Gasteiger partial charge on any atom is 0.311 e. The van der Waals surface area contributed by atoms with Crippen LogP contribution in [0.15, 0.2) is 0 Å². The number of rotatable bonds is 10. The molecule has 4 aliphatic rings. The third-order valence-corrected chi connectivity index (χ3v) is 12.6. The molecule has 40 heavy (non-hydrogen) atoms. The van der Waals surface area contributed by atoms with Gasteiger partial charge in [-0.2, -0.15) is 0 Å². The Balaban J connectivity index is 1.39. The SMILES string of the molecule is CCOC(C)OC(=O)CCC(C)C1CCC2C3C(O)CC4CC(OC(=O)C(C)(C)CC)CCC4(C)C3CCC12C. The second-order valence-corrected chi connectivity index (χ2v) is 15.1. The fourth-order valence-corrected chi connectivity index (χ4v) is 9.78. The molecule has 4 rings (SSSR count). The lowest BCUT2D eigenvalue weighted by atomic mass is 9.43. The van der Waals surface area contributed by atoms with Crippen molar-refractivity contribution in [2.24, 2.45) is 51.8 Å². The maximum absolute atomic E-state index is 12.8. The minimum absolute atomic E-state index is 0.0195. The van der Waals surface area contributed by atoms with Gasteiger partial charge in [0.2, 0.25) is 0 Å². The van der Waals surface area contributed by atoms with E-state index in [1.807, 2.05) is 27.7 Å². The molecule has 11 atom stereocenters. The van der Waals surface area contributed by atoms with E-state index in [2.05, 4.69) is 20.8 Å². The standard InChI is InChI=1S/C34H58O6/c1-9-32(5,6)31(37)40-24-15-17-33(7)23(19-24)20-28(35)30-26-13-12-25(34(26,8)18-16-27(30)33)21(3)11-14-29(36)39-22(4)38-10-2/h21-28,30,35H,9-20H2,1-8H3. The van der Waals surface area contributed by atoms with Crippen LogP contribution in [0, 0.1) is 51.8 Å². The van der Waals surface area contributed by atoms with Crippen molar-refractivity contribution < 1.29 is 28.9 Å². The molecule has 4 aliphatic carbocycles. The summed E-state index contributed by atoms with van der Waals surface area (Å²) in [5.74, 6) is 2.61. The van der Waals surface area contributed by atoms with E-state index in [1.54, 1.807) is 6.92 Å². The second-order valence-electron chi connectivity index (χ2n) is 15.1. The summed E-state index contributed by atoms with van der Waals surface area (Å²) in [6, 6.07) is 0. The molecule has 0 amide bonds. The number of aliphatic hydroxyl groups excluding tert-OH is 1. The first-order chi connectivity index (χ1) is 18.8. The molecule has 0 aromatic rings. The normalized spacial score (nSPS) is 40.8. The molecule has 1 N–H and O–H groups in total. The van der Waals surface area contributed by atoms with Crippen LogP contribution in [-0.4, -0.2) is 42.1 Å². The zero-order valence-electron chi connectivity index (χ0n) is 26.7. The Morgan fingerprint density at radius 3 is 2.33 bits per heavy atom. The highest BCUT2D eigenvalue weighted by Crippen LogP contribution is 2.68. The van der Waals surface area contributed by atoms with Crippen LogP contribution < -0.4 is 0 Å². The van der Waals surface area contributed by atoms with Crippen LogP contribution in [0.3, 0.4) is 0 Å². The number of hydrogen-bond donors (Lipinski definition) is 1. The zero-order chi connectivity index (χ0) is 29.5. The van der Waals surface area contributed by atoms with Gasteiger partial charge < -0.3 is 19.3 Å². The third kappa shape index (κ3) is 6.00. The van der Waals surface area contributed by atoms with Crippen molar-refractivity contribution in [2.45, 2.75) is 145 Å². The molecular formula is C34H58O6. The molecular weight excluding hydrogens is 504 g/mol. The largest absolute Gasteiger partial charge is 0.462 e. The summed E-state index contributed by atoms with van der Waals surface area (Å²) in [4.78, 5) is 25.2. The summed E-state index contributed by atoms with van der Waals surface area (Å²) < 4.78 is 16.8. The lowest BCUT2D eigenvalue weighted by Crippen LogP contribution is -2.59. The van der Waals surface area contributed by atoms with Crippen molar-refractivity contribution >= 4 is 11.9 Å². The lowest BCUT2D eigenvalue weighted by molar-refractivity contribution is -0.186. The Labute approximate surface area is 243 Å². The van der Waals surface area contributed by atoms with Crippen LogP contribution in [-0.2, 0) is 23.8 Å². The summed E-state index contributed by atoms with van der Waals surface area (Å²) in [6.07, 6.45) is 9.77. The summed E-state index contributed by atoms with van der Waals surface area (Å²) >= 11 is 0. The van der Waals surface area contributed by atoms with Crippen LogP contribution in [0.25, 0.3) is 0 Å². The number of esters is 2. The Morgan fingerprint density at radius 1 is 0.975 bits per heavy atom. The molecule has 6 heteroatoms. The van der Waals surface area contributed by atoms with Gasteiger partial charge in [-0.15, -0.1) is 0 Å². The lowest BCUT2D eigenvalue weighted by Gasteiger charge is -2.62. The molecule has 0 heterocycles. The predicted octanol–water partition coefficient (Wildman–Crippen LogP) is 7.31. The highest BCUT2D eigenvalue weighted by Gasteiger charge is 2.63. The molecule has 4 saturated carbocycles. The Morgan fingerprint density at radius 2 is 1.65 bits per heavy atom. The third-order valence-electron chi connectivity index (χ3n) is 12.6. The monoisotopic (exact) mass is 562 g/mol. The van der Waals surface area contributed by atoms with Gasteiger partial charge in [0.25, 0.3) is 0 Å². The van der Waals surface area contributed by atoms with E-state index in [0.717, 1.165) is 38.5 Å². The van der Waals surface area contributed by atoms with Crippen molar-refractivity contribution in [2.75, 3.05) is 6.61 Å². The van der Waals surface area contributed by atoms with Gasteiger partial charge in [0, 0.05) is 13.0 Å². The average Bonchev–Trinajstić information content (AvgIpc) is 3.25. The van der Waals surface area contributed by atoms with Crippen LogP contribution in [0.5, 0.6) is 0 Å². The van der Waals surface area contributed by atoms with E-state index in [4.69, 9.17) is 14.2 Å². The van der Waals surface area contributed by atoms with Gasteiger partial charge in [-0.25, -0.2) is 0 Å². The smallest absolute Gasteiger partial charge is 0.311 e. The van der Waals surface area contributed by atoms with Crippen LogP contribution in [0.2, 0.25) is 0 Å². The average molecular weight is 563 g/mol. The molecule has 0 aliphatic heterocycles. The van der Waals surface area contributed by atoms with Crippen molar-refractivity contribution in [1.82, 2.24) is 0 Å². The van der Waals surface area contributed by atoms with Crippen molar-refractivity contribution in [3.05, 3.63) is 0 Å². The van der Waals surface area contributed by atoms with Crippen LogP contribution in [0.1, 0.15) is 126 Å². The summed E-state index contributed by atoms with van der Waals surface area (Å²) in [5.41, 5.74) is -0.0189. The number of hydrogen-bond acceptors (Lipinski definition) is 6. The Bertz CT molecular complexity index is 901. The molecule has 0 spiro atoms. The van der Waals surface area contributed by atoms with Crippen molar-refractivity contribution in [1.29, 1.82) is 0 Å². The molecule has 4 fully saturated rings. The molecule has 6 nitrogen and oxygen atoms in total. The van der Waals surface area contributed by atoms with Gasteiger partial charge in [0.1, 0.15) is 6.10 Å². The van der Waals surface area contributed by atoms with Crippen LogP contribution >= 0.6 is 0 Å². The highest BCUT2D eigenvalue weighted by atomic mass is 16.7. The minimum atomic E-state index is -0.486. The Hall–Kier alpha value is -1.14. The van der Waals surface area contributed by atoms with E-state index in [1.165, 1.54) is 25.7 Å². The number of carbonyl (C=O) groups excluding carboxylic acids is 2. The van der Waals surface area contributed by atoms with Gasteiger partial charge in [-0.05, 0) is 138 Å². The van der Waals surface area contributed by atoms with E-state index in [-0.39, 0.29) is 35.0 Å². The van der Waals surface area contributed by atoms with Gasteiger partial charge in [-0.3, -0.25) is 9.59 Å². The molecule has 0 radical (unpaired) electrons. The molecule has 0 aromatic heterocycles. The number of aliphatic hydroxyl groups is 1. The highest BCUT2D eigenvalue weighted by molar-refractivity contribution is 5.76. The summed E-state index contributed by atoms with van der Waals surface area (Å²) in [5, 5.41) is 11.7. The van der Waals surface area contributed by atoms with Gasteiger partial charge in [-0.1, -0.05) is 27.7 Å². The topological polar surface area (TPSA) is 82.1 Å². The van der Waals surface area contributed by atoms with Gasteiger partial charge in [0.15, 0.2) is 6.29 Å². The minimum Gasteiger partial charge on any atom is -0.462 e. The summed E-state index contributed by atoms with van der Waals surface area (Å²) in [6.45, 7) is 17.5. The van der Waals surface area contributed by atoms with Crippen LogP contribution in [0.4, 0.5) is 0 Å². The first kappa shape index (κ1) is 31.8. The van der Waals surface area contributed by atoms with E-state index < -0.39 is 11.7 Å². The number of ether oxygens (including phenoxy) is 3. The predicted molar refractivity (Wildman–Crippen MR) is 156 cm³/mol. The zero-order valence-corrected chi connectivity index (χ0v) is 26.7. The number of carbonyl (C=O) groups is 2. The fraction of sp³-hybridized carbons (Fsp3) is 0.941. The van der Waals surface area contributed by atoms with Gasteiger partial charge >= 0.3 is 11.9 Å². The first-order valence-electron chi connectivity index (χ1n) is 16.5. The summed E-state index contributed by atoms with van der Waals surface area (Å²) in [7, 11) is 0. The van der Waals surface area contributed by atoms with Crippen molar-refractivity contribution in [3.63, 3.8) is 0 Å². The first-order valence-corrected chi connectivity index (χ1v) is 16.5. The molecule has 230 valence electrons. The molecule has 0 bridgehead atoms.